The first kappa shape index (κ1) is 52.9. The SMILES string of the molecule is CCCCCCCCCCCC(=O)SCCNC(=O)CCNC(=O)C(O)C(C)(C)COP(=O)(O)OP(=O)(O)OC[C@H]1O[C@@H](n2cnc3c(N)ncnc32)[C@H](O)[C@@H]1OP(=O)(O)O. The van der Waals surface area contributed by atoms with E-state index in [0.717, 1.165) is 48.2 Å². The normalized spacial score (nSPS) is 20.9. The molecule has 2 aromatic heterocycles. The van der Waals surface area contributed by atoms with Gasteiger partial charge in [-0.3, -0.25) is 32.5 Å². The van der Waals surface area contributed by atoms with Gasteiger partial charge in [-0.05, 0) is 6.42 Å². The van der Waals surface area contributed by atoms with Crippen molar-refractivity contribution in [1.29, 1.82) is 0 Å². The number of hydrogen-bond donors (Lipinski definition) is 9. The van der Waals surface area contributed by atoms with Crippen LogP contribution in [-0.2, 0) is 50.7 Å². The van der Waals surface area contributed by atoms with Crippen molar-refractivity contribution < 1.29 is 80.5 Å². The minimum atomic E-state index is -5.57. The summed E-state index contributed by atoms with van der Waals surface area (Å²) in [5.74, 6) is -1.02. The van der Waals surface area contributed by atoms with Gasteiger partial charge in [0.05, 0.1) is 19.5 Å². The number of carbonyl (C=O) groups is 3. The number of rotatable bonds is 29. The molecular weight excluding hydrogens is 891 g/mol. The summed E-state index contributed by atoms with van der Waals surface area (Å²) in [6, 6.07) is 0. The van der Waals surface area contributed by atoms with Crippen LogP contribution in [0.15, 0.2) is 12.7 Å². The van der Waals surface area contributed by atoms with E-state index < -0.39 is 84.6 Å². The number of phosphoric ester groups is 3. The van der Waals surface area contributed by atoms with Crippen molar-refractivity contribution in [1.82, 2.24) is 30.2 Å². The Hall–Kier alpha value is -2.44. The minimum Gasteiger partial charge on any atom is -0.386 e. The number of aliphatic hydroxyl groups is 2. The second-order valence-electron chi connectivity index (χ2n) is 14.9. The molecule has 3 unspecified atom stereocenters. The summed E-state index contributed by atoms with van der Waals surface area (Å²) in [5.41, 5.74) is 4.28. The third-order valence-electron chi connectivity index (χ3n) is 9.25. The number of thioether (sulfide) groups is 1. The molecule has 24 nitrogen and oxygen atoms in total. The lowest BCUT2D eigenvalue weighted by Crippen LogP contribution is -2.46. The van der Waals surface area contributed by atoms with Crippen LogP contribution in [0.2, 0.25) is 0 Å². The van der Waals surface area contributed by atoms with E-state index in [4.69, 9.17) is 19.5 Å². The molecule has 348 valence electrons. The van der Waals surface area contributed by atoms with Crippen LogP contribution in [0.3, 0.4) is 0 Å². The molecule has 0 radical (unpaired) electrons. The third kappa shape index (κ3) is 18.3. The largest absolute Gasteiger partial charge is 0.481 e. The summed E-state index contributed by atoms with van der Waals surface area (Å²) in [6.07, 6.45) is 4.02. The van der Waals surface area contributed by atoms with Gasteiger partial charge >= 0.3 is 23.5 Å². The maximum Gasteiger partial charge on any atom is 0.481 e. The Labute approximate surface area is 356 Å². The van der Waals surface area contributed by atoms with Crippen LogP contribution in [0.25, 0.3) is 11.2 Å². The molecule has 3 rings (SSSR count). The Bertz CT molecular complexity index is 1890. The standard InChI is InChI=1S/C33H58N7O17P3S/c1-4-5-6-7-8-9-10-11-12-13-24(42)61-17-16-35-23(41)14-15-36-31(45)28(44)33(2,3)19-54-60(51,52)57-59(49,50)53-18-22-27(56-58(46,47)48)26(43)32(55-22)40-21-39-25-29(34)37-20-38-30(25)40/h20-22,26-28,32,43-44H,4-19H2,1-3H3,(H,35,41)(H,36,45)(H,49,50)(H,51,52)(H2,34,37,38)(H2,46,47,48)/t22-,26-,27-,28?,32-/m1/s1. The highest BCUT2D eigenvalue weighted by Crippen LogP contribution is 2.61. The average molecular weight is 950 g/mol. The van der Waals surface area contributed by atoms with E-state index in [-0.39, 0.29) is 41.6 Å². The van der Waals surface area contributed by atoms with E-state index >= 15 is 0 Å². The first-order valence-corrected chi connectivity index (χ1v) is 25.1. The van der Waals surface area contributed by atoms with Crippen molar-refractivity contribution in [3.63, 3.8) is 0 Å². The molecule has 61 heavy (non-hydrogen) atoms. The lowest BCUT2D eigenvalue weighted by atomic mass is 9.87. The summed E-state index contributed by atoms with van der Waals surface area (Å²) >= 11 is 1.15. The van der Waals surface area contributed by atoms with Gasteiger partial charge < -0.3 is 50.9 Å². The van der Waals surface area contributed by atoms with Crippen LogP contribution in [0.1, 0.15) is 97.6 Å². The van der Waals surface area contributed by atoms with Gasteiger partial charge in [-0.1, -0.05) is 83.9 Å². The van der Waals surface area contributed by atoms with Crippen molar-refractivity contribution in [2.75, 3.05) is 37.8 Å². The zero-order chi connectivity index (χ0) is 45.4. The van der Waals surface area contributed by atoms with Crippen molar-refractivity contribution in [2.45, 2.75) is 122 Å². The van der Waals surface area contributed by atoms with E-state index in [0.29, 0.717) is 12.2 Å². The number of nitrogens with one attached hydrogen (secondary N) is 2. The predicted molar refractivity (Wildman–Crippen MR) is 219 cm³/mol. The van der Waals surface area contributed by atoms with Crippen LogP contribution < -0.4 is 16.4 Å². The van der Waals surface area contributed by atoms with E-state index in [1.807, 2.05) is 0 Å². The maximum atomic E-state index is 12.7. The van der Waals surface area contributed by atoms with Crippen LogP contribution in [-0.4, -0.2) is 123 Å². The van der Waals surface area contributed by atoms with Gasteiger partial charge in [0, 0.05) is 37.1 Å². The molecule has 2 amide bonds. The van der Waals surface area contributed by atoms with Gasteiger partial charge in [0.15, 0.2) is 22.8 Å². The number of unbranched alkanes of at least 4 members (excludes halogenated alkanes) is 8. The summed E-state index contributed by atoms with van der Waals surface area (Å²) in [7, 11) is -16.4. The second-order valence-corrected chi connectivity index (χ2v) is 20.3. The number of nitrogens with two attached hydrogens (primary N) is 1. The number of phosphoric acid groups is 3. The number of aromatic nitrogens is 4. The van der Waals surface area contributed by atoms with E-state index in [1.165, 1.54) is 52.4 Å². The molecule has 3 heterocycles. The molecule has 7 atom stereocenters. The lowest BCUT2D eigenvalue weighted by molar-refractivity contribution is -0.137. The number of imidazole rings is 1. The van der Waals surface area contributed by atoms with Crippen molar-refractivity contribution in [3.8, 4) is 0 Å². The predicted octanol–water partition coefficient (Wildman–Crippen LogP) is 2.59. The molecule has 0 aromatic carbocycles. The van der Waals surface area contributed by atoms with Crippen molar-refractivity contribution in [2.24, 2.45) is 5.41 Å². The average Bonchev–Trinajstić information content (AvgIpc) is 3.73. The van der Waals surface area contributed by atoms with Crippen LogP contribution in [0.5, 0.6) is 0 Å². The zero-order valence-corrected chi connectivity index (χ0v) is 37.6. The molecule has 1 aliphatic heterocycles. The van der Waals surface area contributed by atoms with Gasteiger partial charge in [-0.15, -0.1) is 0 Å². The highest BCUT2D eigenvalue weighted by Gasteiger charge is 2.50. The smallest absolute Gasteiger partial charge is 0.386 e. The fraction of sp³-hybridized carbons (Fsp3) is 0.758. The zero-order valence-electron chi connectivity index (χ0n) is 34.1. The quantitative estimate of drug-likeness (QED) is 0.0418. The Morgan fingerprint density at radius 1 is 0.934 bits per heavy atom. The Kier molecular flexibility index (Phi) is 21.3. The number of nitrogen functional groups attached to an aromatic ring is 1. The monoisotopic (exact) mass is 949 g/mol. The number of nitrogens with zero attached hydrogens (tertiary/aromatic N) is 4. The number of anilines is 1. The fourth-order valence-corrected chi connectivity index (χ4v) is 9.50. The third-order valence-corrected chi connectivity index (χ3v) is 13.3. The highest BCUT2D eigenvalue weighted by molar-refractivity contribution is 8.13. The van der Waals surface area contributed by atoms with E-state index in [1.54, 1.807) is 0 Å². The van der Waals surface area contributed by atoms with Gasteiger partial charge in [0.1, 0.15) is 36.3 Å². The summed E-state index contributed by atoms with van der Waals surface area (Å²) in [6.45, 7) is 2.76. The van der Waals surface area contributed by atoms with Crippen LogP contribution in [0.4, 0.5) is 5.82 Å². The van der Waals surface area contributed by atoms with Gasteiger partial charge in [-0.2, -0.15) is 4.31 Å². The summed E-state index contributed by atoms with van der Waals surface area (Å²) < 4.78 is 62.3. The number of aliphatic hydroxyl groups excluding tert-OH is 2. The molecule has 1 aliphatic rings. The molecule has 0 bridgehead atoms. The topological polar surface area (TPSA) is 364 Å². The van der Waals surface area contributed by atoms with Gasteiger partial charge in [-0.25, -0.2) is 28.6 Å². The molecule has 0 spiro atoms. The highest BCUT2D eigenvalue weighted by atomic mass is 32.2. The number of ether oxygens (including phenoxy) is 1. The molecule has 1 fully saturated rings. The minimum absolute atomic E-state index is 0.0332. The molecule has 0 aliphatic carbocycles. The Balaban J connectivity index is 1.38. The van der Waals surface area contributed by atoms with Crippen molar-refractivity contribution >= 4 is 69.1 Å². The molecule has 1 saturated heterocycles. The molecule has 28 heteroatoms. The number of carbonyl (C=O) groups excluding carboxylic acids is 3. The molecule has 10 N–H and O–H groups in total. The Morgan fingerprint density at radius 3 is 2.23 bits per heavy atom. The lowest BCUT2D eigenvalue weighted by Gasteiger charge is -2.30. The summed E-state index contributed by atoms with van der Waals surface area (Å²) in [5, 5.41) is 26.6. The number of fused-ring (bicyclic) bond motifs is 1. The number of hydrogen-bond acceptors (Lipinski definition) is 18. The second kappa shape index (κ2) is 24.6. The first-order valence-electron chi connectivity index (χ1n) is 19.6. The Morgan fingerprint density at radius 2 is 1.57 bits per heavy atom. The number of amides is 2. The first-order chi connectivity index (χ1) is 28.6. The fourth-order valence-electron chi connectivity index (χ4n) is 5.95. The molecule has 0 saturated carbocycles. The van der Waals surface area contributed by atoms with Gasteiger partial charge in [0.2, 0.25) is 11.8 Å². The van der Waals surface area contributed by atoms with Crippen molar-refractivity contribution in [3.05, 3.63) is 12.7 Å². The van der Waals surface area contributed by atoms with Gasteiger partial charge in [0.25, 0.3) is 0 Å². The van der Waals surface area contributed by atoms with E-state index in [9.17, 15) is 57.9 Å². The summed E-state index contributed by atoms with van der Waals surface area (Å²) in [4.78, 5) is 88.0. The molecule has 2 aromatic rings. The maximum absolute atomic E-state index is 12.7. The van der Waals surface area contributed by atoms with E-state index in [2.05, 4.69) is 41.3 Å². The van der Waals surface area contributed by atoms with Crippen LogP contribution >= 0.6 is 35.2 Å². The molecular formula is C33H58N7O17P3S. The van der Waals surface area contributed by atoms with Crippen LogP contribution in [0, 0.1) is 5.41 Å².